The van der Waals surface area contributed by atoms with Gasteiger partial charge in [0.1, 0.15) is 6.33 Å². The van der Waals surface area contributed by atoms with Crippen LogP contribution in [0.25, 0.3) is 0 Å². The van der Waals surface area contributed by atoms with Gasteiger partial charge in [0.05, 0.1) is 7.11 Å². The Balaban J connectivity index is 2.99. The van der Waals surface area contributed by atoms with Gasteiger partial charge in [0, 0.05) is 5.54 Å². The molecule has 84 valence electrons. The van der Waals surface area contributed by atoms with Crippen molar-refractivity contribution in [3.05, 3.63) is 6.33 Å². The molecular formula is C10H18N4O. The van der Waals surface area contributed by atoms with Crippen LogP contribution in [-0.4, -0.2) is 22.6 Å². The van der Waals surface area contributed by atoms with Gasteiger partial charge in [0.15, 0.2) is 11.6 Å². The van der Waals surface area contributed by atoms with E-state index in [2.05, 4.69) is 36.1 Å². The minimum atomic E-state index is -0.0475. The second kappa shape index (κ2) is 4.33. The molecule has 1 rings (SSSR count). The lowest BCUT2D eigenvalue weighted by Crippen LogP contribution is -2.30. The van der Waals surface area contributed by atoms with E-state index in [9.17, 15) is 0 Å². The first kappa shape index (κ1) is 11.6. The first-order valence-corrected chi connectivity index (χ1v) is 4.93. The van der Waals surface area contributed by atoms with Crippen molar-refractivity contribution < 1.29 is 4.74 Å². The number of nitrogens with one attached hydrogen (secondary N) is 1. The van der Waals surface area contributed by atoms with Crippen LogP contribution >= 0.6 is 0 Å². The van der Waals surface area contributed by atoms with E-state index in [1.54, 1.807) is 7.11 Å². The van der Waals surface area contributed by atoms with Crippen molar-refractivity contribution in [3.8, 4) is 5.75 Å². The number of nitrogens with two attached hydrogens (primary N) is 1. The van der Waals surface area contributed by atoms with Crippen LogP contribution in [-0.2, 0) is 0 Å². The molecule has 3 N–H and O–H groups in total. The van der Waals surface area contributed by atoms with Crippen molar-refractivity contribution in [2.75, 3.05) is 18.2 Å². The zero-order valence-electron chi connectivity index (χ0n) is 9.66. The summed E-state index contributed by atoms with van der Waals surface area (Å²) in [6.45, 7) is 6.28. The van der Waals surface area contributed by atoms with Crippen LogP contribution in [0.3, 0.4) is 0 Å². The third-order valence-corrected chi connectivity index (χ3v) is 2.38. The lowest BCUT2D eigenvalue weighted by atomic mass is 10.0. The minimum Gasteiger partial charge on any atom is -0.490 e. The fraction of sp³-hybridized carbons (Fsp3) is 0.600. The maximum Gasteiger partial charge on any atom is 0.203 e. The highest BCUT2D eigenvalue weighted by molar-refractivity contribution is 5.61. The SMILES string of the molecule is CCC(C)(C)Nc1ncnc(N)c1OC. The Morgan fingerprint density at radius 3 is 2.67 bits per heavy atom. The molecule has 0 bridgehead atoms. The lowest BCUT2D eigenvalue weighted by molar-refractivity contribution is 0.412. The Labute approximate surface area is 90.1 Å². The zero-order valence-corrected chi connectivity index (χ0v) is 9.66. The maximum absolute atomic E-state index is 5.68. The number of nitrogens with zero attached hydrogens (tertiary/aromatic N) is 2. The van der Waals surface area contributed by atoms with Crippen LogP contribution in [0.4, 0.5) is 11.6 Å². The van der Waals surface area contributed by atoms with E-state index in [1.165, 1.54) is 6.33 Å². The number of aromatic nitrogens is 2. The van der Waals surface area contributed by atoms with Gasteiger partial charge in [0.25, 0.3) is 0 Å². The van der Waals surface area contributed by atoms with Gasteiger partial charge < -0.3 is 15.8 Å². The fourth-order valence-electron chi connectivity index (χ4n) is 1.09. The van der Waals surface area contributed by atoms with Crippen molar-refractivity contribution in [2.24, 2.45) is 0 Å². The Morgan fingerprint density at radius 1 is 1.47 bits per heavy atom. The standard InChI is InChI=1S/C10H18N4O/c1-5-10(2,3)14-9-7(15-4)8(11)12-6-13-9/h6H,5H2,1-4H3,(H3,11,12,13,14). The summed E-state index contributed by atoms with van der Waals surface area (Å²) >= 11 is 0. The first-order valence-electron chi connectivity index (χ1n) is 4.93. The second-order valence-electron chi connectivity index (χ2n) is 4.00. The van der Waals surface area contributed by atoms with E-state index in [0.29, 0.717) is 17.4 Å². The van der Waals surface area contributed by atoms with Gasteiger partial charge in [-0.25, -0.2) is 9.97 Å². The van der Waals surface area contributed by atoms with E-state index >= 15 is 0 Å². The third-order valence-electron chi connectivity index (χ3n) is 2.38. The molecule has 0 atom stereocenters. The van der Waals surface area contributed by atoms with E-state index in [0.717, 1.165) is 6.42 Å². The molecule has 5 nitrogen and oxygen atoms in total. The molecule has 1 aromatic heterocycles. The third kappa shape index (κ3) is 2.71. The van der Waals surface area contributed by atoms with Crippen LogP contribution in [0.1, 0.15) is 27.2 Å². The molecular weight excluding hydrogens is 192 g/mol. The number of rotatable bonds is 4. The van der Waals surface area contributed by atoms with Gasteiger partial charge in [-0.05, 0) is 20.3 Å². The number of nitrogen functional groups attached to an aromatic ring is 1. The highest BCUT2D eigenvalue weighted by atomic mass is 16.5. The van der Waals surface area contributed by atoms with Gasteiger partial charge in [-0.1, -0.05) is 6.92 Å². The molecule has 5 heteroatoms. The molecule has 0 aliphatic rings. The summed E-state index contributed by atoms with van der Waals surface area (Å²) in [6, 6.07) is 0. The largest absolute Gasteiger partial charge is 0.490 e. The van der Waals surface area contributed by atoms with Crippen LogP contribution in [0.2, 0.25) is 0 Å². The maximum atomic E-state index is 5.68. The summed E-state index contributed by atoms with van der Waals surface area (Å²) < 4.78 is 5.15. The first-order chi connectivity index (χ1) is 7.00. The summed E-state index contributed by atoms with van der Waals surface area (Å²) in [4.78, 5) is 7.98. The summed E-state index contributed by atoms with van der Waals surface area (Å²) in [5.41, 5.74) is 5.63. The number of methoxy groups -OCH3 is 1. The van der Waals surface area contributed by atoms with E-state index in [4.69, 9.17) is 10.5 Å². The molecule has 0 saturated carbocycles. The summed E-state index contributed by atoms with van der Waals surface area (Å²) in [5, 5.41) is 3.27. The smallest absolute Gasteiger partial charge is 0.203 e. The Kier molecular flexibility index (Phi) is 3.34. The zero-order chi connectivity index (χ0) is 11.5. The molecule has 0 spiro atoms. The van der Waals surface area contributed by atoms with Crippen LogP contribution in [0.15, 0.2) is 6.33 Å². The molecule has 0 amide bonds. The summed E-state index contributed by atoms with van der Waals surface area (Å²) in [5.74, 6) is 1.48. The Bertz CT molecular complexity index is 338. The average Bonchev–Trinajstić information content (AvgIpc) is 2.18. The molecule has 0 fully saturated rings. The van der Waals surface area contributed by atoms with Gasteiger partial charge >= 0.3 is 0 Å². The van der Waals surface area contributed by atoms with E-state index in [1.807, 2.05) is 0 Å². The minimum absolute atomic E-state index is 0.0475. The summed E-state index contributed by atoms with van der Waals surface area (Å²) in [7, 11) is 1.55. The van der Waals surface area contributed by atoms with Crippen molar-refractivity contribution in [1.82, 2.24) is 9.97 Å². The van der Waals surface area contributed by atoms with Crippen LogP contribution in [0, 0.1) is 0 Å². The highest BCUT2D eigenvalue weighted by Crippen LogP contribution is 2.29. The number of hydrogen-bond donors (Lipinski definition) is 2. The van der Waals surface area contributed by atoms with E-state index < -0.39 is 0 Å². The molecule has 0 saturated heterocycles. The predicted molar refractivity (Wildman–Crippen MR) is 61.0 cm³/mol. The normalized spacial score (nSPS) is 11.2. The summed E-state index contributed by atoms with van der Waals surface area (Å²) in [6.07, 6.45) is 2.39. The molecule has 0 aliphatic heterocycles. The molecule has 0 unspecified atom stereocenters. The monoisotopic (exact) mass is 210 g/mol. The van der Waals surface area contributed by atoms with E-state index in [-0.39, 0.29) is 5.54 Å². The highest BCUT2D eigenvalue weighted by Gasteiger charge is 2.18. The second-order valence-corrected chi connectivity index (χ2v) is 4.00. The predicted octanol–water partition coefficient (Wildman–Crippen LogP) is 1.67. The van der Waals surface area contributed by atoms with Gasteiger partial charge in [-0.15, -0.1) is 0 Å². The average molecular weight is 210 g/mol. The van der Waals surface area contributed by atoms with Crippen molar-refractivity contribution in [3.63, 3.8) is 0 Å². The molecule has 1 heterocycles. The fourth-order valence-corrected chi connectivity index (χ4v) is 1.09. The van der Waals surface area contributed by atoms with Crippen molar-refractivity contribution in [2.45, 2.75) is 32.7 Å². The number of hydrogen-bond acceptors (Lipinski definition) is 5. The topological polar surface area (TPSA) is 73.1 Å². The van der Waals surface area contributed by atoms with Gasteiger partial charge in [-0.2, -0.15) is 0 Å². The molecule has 0 radical (unpaired) electrons. The number of ether oxygens (including phenoxy) is 1. The Morgan fingerprint density at radius 2 is 2.13 bits per heavy atom. The molecule has 0 aromatic carbocycles. The molecule has 0 aliphatic carbocycles. The number of anilines is 2. The van der Waals surface area contributed by atoms with Crippen LogP contribution in [0.5, 0.6) is 5.75 Å². The molecule has 15 heavy (non-hydrogen) atoms. The molecule has 1 aromatic rings. The lowest BCUT2D eigenvalue weighted by Gasteiger charge is -2.26. The van der Waals surface area contributed by atoms with Gasteiger partial charge in [0.2, 0.25) is 5.75 Å². The van der Waals surface area contributed by atoms with Crippen LogP contribution < -0.4 is 15.8 Å². The quantitative estimate of drug-likeness (QED) is 0.790. The Hall–Kier alpha value is -1.52. The van der Waals surface area contributed by atoms with Crippen molar-refractivity contribution in [1.29, 1.82) is 0 Å². The van der Waals surface area contributed by atoms with Crippen molar-refractivity contribution >= 4 is 11.6 Å². The van der Waals surface area contributed by atoms with Gasteiger partial charge in [-0.3, -0.25) is 0 Å².